The molecule has 1 unspecified atom stereocenters. The van der Waals surface area contributed by atoms with Gasteiger partial charge in [0.2, 0.25) is 5.91 Å². The first-order chi connectivity index (χ1) is 10.2. The topological polar surface area (TPSA) is 50.4 Å². The molecule has 1 aromatic carbocycles. The molecule has 0 bridgehead atoms. The van der Waals surface area contributed by atoms with E-state index >= 15 is 0 Å². The molecule has 1 aliphatic heterocycles. The Balaban J connectivity index is 1.80. The molecule has 21 heavy (non-hydrogen) atoms. The molecule has 2 N–H and O–H groups in total. The van der Waals surface area contributed by atoms with Gasteiger partial charge in [-0.25, -0.2) is 0 Å². The number of hydrogen-bond acceptors (Lipinski definition) is 4. The Hall–Kier alpha value is -1.04. The molecule has 1 heterocycles. The van der Waals surface area contributed by atoms with Crippen LogP contribution in [0.1, 0.15) is 31.4 Å². The Morgan fingerprint density at radius 1 is 1.43 bits per heavy atom. The van der Waals surface area contributed by atoms with Crippen LogP contribution in [-0.2, 0) is 9.53 Å². The number of nitrogens with one attached hydrogen (secondary N) is 2. The van der Waals surface area contributed by atoms with Crippen LogP contribution >= 0.6 is 11.8 Å². The van der Waals surface area contributed by atoms with Crippen molar-refractivity contribution in [2.75, 3.05) is 26.0 Å². The molecule has 0 aliphatic carbocycles. The van der Waals surface area contributed by atoms with Crippen LogP contribution in [0.4, 0.5) is 0 Å². The Labute approximate surface area is 131 Å². The van der Waals surface area contributed by atoms with Crippen molar-refractivity contribution >= 4 is 17.7 Å². The van der Waals surface area contributed by atoms with Gasteiger partial charge in [-0.1, -0.05) is 12.1 Å². The largest absolute Gasteiger partial charge is 0.381 e. The van der Waals surface area contributed by atoms with Gasteiger partial charge in [0.1, 0.15) is 0 Å². The second-order valence-electron chi connectivity index (χ2n) is 5.33. The zero-order valence-corrected chi connectivity index (χ0v) is 13.5. The highest BCUT2D eigenvalue weighted by molar-refractivity contribution is 8.00. The van der Waals surface area contributed by atoms with E-state index in [1.807, 2.05) is 13.1 Å². The summed E-state index contributed by atoms with van der Waals surface area (Å²) in [5.41, 5.74) is 1.24. The highest BCUT2D eigenvalue weighted by atomic mass is 32.2. The lowest BCUT2D eigenvalue weighted by Crippen LogP contribution is -2.39. The lowest BCUT2D eigenvalue weighted by molar-refractivity contribution is -0.119. The summed E-state index contributed by atoms with van der Waals surface area (Å²) in [6.45, 7) is 3.63. The van der Waals surface area contributed by atoms with E-state index in [1.54, 1.807) is 11.8 Å². The van der Waals surface area contributed by atoms with Gasteiger partial charge in [0.15, 0.2) is 0 Å². The summed E-state index contributed by atoms with van der Waals surface area (Å²) in [4.78, 5) is 13.1. The molecule has 1 aliphatic rings. The third-order valence-electron chi connectivity index (χ3n) is 3.75. The number of ether oxygens (including phenoxy) is 1. The maximum Gasteiger partial charge on any atom is 0.230 e. The van der Waals surface area contributed by atoms with E-state index in [-0.39, 0.29) is 11.9 Å². The molecule has 1 atom stereocenters. The molecule has 0 saturated carbocycles. The minimum atomic E-state index is 0.110. The zero-order chi connectivity index (χ0) is 15.1. The SMILES string of the molecule is CNC(C)c1cccc(SCC(=O)NC2CCOCC2)c1. The minimum absolute atomic E-state index is 0.110. The van der Waals surface area contributed by atoms with Gasteiger partial charge in [-0.05, 0) is 44.5 Å². The Bertz CT molecular complexity index is 461. The van der Waals surface area contributed by atoms with E-state index in [1.165, 1.54) is 5.56 Å². The van der Waals surface area contributed by atoms with Crippen LogP contribution < -0.4 is 10.6 Å². The predicted molar refractivity (Wildman–Crippen MR) is 86.6 cm³/mol. The van der Waals surface area contributed by atoms with Gasteiger partial charge in [-0.15, -0.1) is 11.8 Å². The van der Waals surface area contributed by atoms with E-state index in [2.05, 4.69) is 35.8 Å². The van der Waals surface area contributed by atoms with Crippen molar-refractivity contribution in [3.63, 3.8) is 0 Å². The van der Waals surface area contributed by atoms with Crippen molar-refractivity contribution in [1.82, 2.24) is 10.6 Å². The fourth-order valence-electron chi connectivity index (χ4n) is 2.30. The molecule has 4 nitrogen and oxygen atoms in total. The molecule has 2 rings (SSSR count). The molecule has 0 aromatic heterocycles. The summed E-state index contributed by atoms with van der Waals surface area (Å²) in [5, 5.41) is 6.31. The number of hydrogen-bond donors (Lipinski definition) is 2. The molecule has 1 fully saturated rings. The van der Waals surface area contributed by atoms with Crippen molar-refractivity contribution in [3.8, 4) is 0 Å². The Kier molecular flexibility index (Phi) is 6.54. The molecule has 5 heteroatoms. The first-order valence-corrected chi connectivity index (χ1v) is 8.44. The molecular formula is C16H24N2O2S. The predicted octanol–water partition coefficient (Wildman–Crippen LogP) is 2.35. The number of carbonyl (C=O) groups excluding carboxylic acids is 1. The summed E-state index contributed by atoms with van der Waals surface area (Å²) in [6, 6.07) is 8.95. The van der Waals surface area contributed by atoms with Gasteiger partial charge >= 0.3 is 0 Å². The van der Waals surface area contributed by atoms with Gasteiger partial charge in [-0.2, -0.15) is 0 Å². The van der Waals surface area contributed by atoms with Gasteiger partial charge in [-0.3, -0.25) is 4.79 Å². The third-order valence-corrected chi connectivity index (χ3v) is 4.74. The van der Waals surface area contributed by atoms with Crippen LogP contribution in [0.15, 0.2) is 29.2 Å². The van der Waals surface area contributed by atoms with Crippen LogP contribution in [0.2, 0.25) is 0 Å². The maximum absolute atomic E-state index is 12.0. The summed E-state index contributed by atoms with van der Waals surface area (Å²) >= 11 is 1.59. The van der Waals surface area contributed by atoms with Crippen LogP contribution in [0, 0.1) is 0 Å². The summed E-state index contributed by atoms with van der Waals surface area (Å²) in [7, 11) is 1.95. The average molecular weight is 308 g/mol. The molecule has 0 spiro atoms. The van der Waals surface area contributed by atoms with Gasteiger partial charge in [0.05, 0.1) is 5.75 Å². The van der Waals surface area contributed by atoms with Crippen LogP contribution in [0.3, 0.4) is 0 Å². The second-order valence-corrected chi connectivity index (χ2v) is 6.37. The molecule has 1 amide bonds. The second kappa shape index (κ2) is 8.41. The highest BCUT2D eigenvalue weighted by Gasteiger charge is 2.16. The van der Waals surface area contributed by atoms with Crippen molar-refractivity contribution in [3.05, 3.63) is 29.8 Å². The van der Waals surface area contributed by atoms with E-state index in [9.17, 15) is 4.79 Å². The third kappa shape index (κ3) is 5.34. The normalized spacial score (nSPS) is 17.4. The monoisotopic (exact) mass is 308 g/mol. The Morgan fingerprint density at radius 2 is 2.19 bits per heavy atom. The van der Waals surface area contributed by atoms with Gasteiger partial charge in [0, 0.05) is 30.2 Å². The Morgan fingerprint density at radius 3 is 2.90 bits per heavy atom. The standard InChI is InChI=1S/C16H24N2O2S/c1-12(17-2)13-4-3-5-15(10-13)21-11-16(19)18-14-6-8-20-9-7-14/h3-5,10,12,14,17H,6-9,11H2,1-2H3,(H,18,19). The fourth-order valence-corrected chi connectivity index (χ4v) is 3.08. The van der Waals surface area contributed by atoms with Gasteiger partial charge in [0.25, 0.3) is 0 Å². The fraction of sp³-hybridized carbons (Fsp3) is 0.562. The molecule has 0 radical (unpaired) electrons. The number of thioether (sulfide) groups is 1. The number of amides is 1. The summed E-state index contributed by atoms with van der Waals surface area (Å²) < 4.78 is 5.29. The van der Waals surface area contributed by atoms with Crippen molar-refractivity contribution in [2.45, 2.75) is 36.7 Å². The van der Waals surface area contributed by atoms with Crippen molar-refractivity contribution in [2.24, 2.45) is 0 Å². The van der Waals surface area contributed by atoms with Gasteiger partial charge < -0.3 is 15.4 Å². The quantitative estimate of drug-likeness (QED) is 0.792. The lowest BCUT2D eigenvalue weighted by atomic mass is 10.1. The zero-order valence-electron chi connectivity index (χ0n) is 12.7. The number of benzene rings is 1. The van der Waals surface area contributed by atoms with Crippen molar-refractivity contribution < 1.29 is 9.53 Å². The van der Waals surface area contributed by atoms with Crippen LogP contribution in [0.5, 0.6) is 0 Å². The average Bonchev–Trinajstić information content (AvgIpc) is 2.53. The molecular weight excluding hydrogens is 284 g/mol. The number of carbonyl (C=O) groups is 1. The smallest absolute Gasteiger partial charge is 0.230 e. The summed E-state index contributed by atoms with van der Waals surface area (Å²) in [5.74, 6) is 0.577. The first-order valence-electron chi connectivity index (χ1n) is 7.46. The van der Waals surface area contributed by atoms with Crippen molar-refractivity contribution in [1.29, 1.82) is 0 Å². The molecule has 116 valence electrons. The number of rotatable bonds is 6. The van der Waals surface area contributed by atoms with E-state index < -0.39 is 0 Å². The lowest BCUT2D eigenvalue weighted by Gasteiger charge is -2.23. The molecule has 1 aromatic rings. The van der Waals surface area contributed by atoms with E-state index in [4.69, 9.17) is 4.74 Å². The van der Waals surface area contributed by atoms with Crippen LogP contribution in [-0.4, -0.2) is 38.0 Å². The first kappa shape index (κ1) is 16.3. The maximum atomic E-state index is 12.0. The van der Waals surface area contributed by atoms with Crippen LogP contribution in [0.25, 0.3) is 0 Å². The molecule has 1 saturated heterocycles. The highest BCUT2D eigenvalue weighted by Crippen LogP contribution is 2.22. The minimum Gasteiger partial charge on any atom is -0.381 e. The summed E-state index contributed by atoms with van der Waals surface area (Å²) in [6.07, 6.45) is 1.84. The van der Waals surface area contributed by atoms with E-state index in [0.29, 0.717) is 11.8 Å². The van der Waals surface area contributed by atoms with E-state index in [0.717, 1.165) is 31.0 Å².